The molecule has 1 amide bonds. The Bertz CT molecular complexity index is 461. The van der Waals surface area contributed by atoms with E-state index in [4.69, 9.17) is 11.6 Å². The van der Waals surface area contributed by atoms with Gasteiger partial charge in [0.15, 0.2) is 0 Å². The molecule has 1 aliphatic heterocycles. The molecule has 1 fully saturated rings. The predicted molar refractivity (Wildman–Crippen MR) is 81.3 cm³/mol. The van der Waals surface area contributed by atoms with Gasteiger partial charge in [0, 0.05) is 24.1 Å². The Morgan fingerprint density at radius 1 is 1.47 bits per heavy atom. The van der Waals surface area contributed by atoms with Gasteiger partial charge in [-0.1, -0.05) is 17.7 Å². The van der Waals surface area contributed by atoms with Crippen LogP contribution in [0.1, 0.15) is 25.3 Å². The van der Waals surface area contributed by atoms with E-state index in [0.717, 1.165) is 36.0 Å². The van der Waals surface area contributed by atoms with Crippen molar-refractivity contribution >= 4 is 33.4 Å². The van der Waals surface area contributed by atoms with Crippen molar-refractivity contribution < 1.29 is 4.79 Å². The molecule has 0 saturated carbocycles. The van der Waals surface area contributed by atoms with Gasteiger partial charge in [-0.2, -0.15) is 0 Å². The molecule has 1 aromatic rings. The molecule has 1 unspecified atom stereocenters. The Kier molecular flexibility index (Phi) is 5.25. The first-order valence-corrected chi connectivity index (χ1v) is 7.71. The summed E-state index contributed by atoms with van der Waals surface area (Å²) in [6.07, 6.45) is 2.26. The van der Waals surface area contributed by atoms with Crippen LogP contribution in [0, 0.1) is 0 Å². The first-order valence-electron chi connectivity index (χ1n) is 6.54. The van der Waals surface area contributed by atoms with Crippen molar-refractivity contribution in [3.8, 4) is 0 Å². The average molecular weight is 346 g/mol. The number of rotatable bonds is 4. The van der Waals surface area contributed by atoms with E-state index in [1.54, 1.807) is 0 Å². The maximum Gasteiger partial charge on any atom is 0.239 e. The minimum Gasteiger partial charge on any atom is -0.341 e. The second-order valence-corrected chi connectivity index (χ2v) is 6.14. The van der Waals surface area contributed by atoms with Crippen molar-refractivity contribution in [2.75, 3.05) is 13.1 Å². The third kappa shape index (κ3) is 3.94. The number of hydrogen-bond donors (Lipinski definition) is 1. The van der Waals surface area contributed by atoms with Crippen LogP contribution in [-0.2, 0) is 11.3 Å². The molecule has 0 spiro atoms. The second kappa shape index (κ2) is 6.73. The van der Waals surface area contributed by atoms with Crippen LogP contribution in [0.2, 0.25) is 5.02 Å². The zero-order valence-corrected chi connectivity index (χ0v) is 13.3. The topological polar surface area (TPSA) is 32.3 Å². The number of halogens is 2. The third-order valence-corrected chi connectivity index (χ3v) is 4.60. The van der Waals surface area contributed by atoms with Crippen LogP contribution in [0.25, 0.3) is 0 Å². The standard InChI is InChI=1S/C14H18BrClN2O/c1-10(14(19)18-6-2-3-7-18)17-9-11-4-5-13(16)12(15)8-11/h4-5,8,10,17H,2-3,6-7,9H2,1H3. The van der Waals surface area contributed by atoms with Gasteiger partial charge in [-0.3, -0.25) is 4.79 Å². The fraction of sp³-hybridized carbons (Fsp3) is 0.500. The summed E-state index contributed by atoms with van der Waals surface area (Å²) in [7, 11) is 0. The van der Waals surface area contributed by atoms with Crippen LogP contribution in [0.4, 0.5) is 0 Å². The van der Waals surface area contributed by atoms with E-state index in [1.165, 1.54) is 0 Å². The summed E-state index contributed by atoms with van der Waals surface area (Å²) in [5, 5.41) is 3.97. The van der Waals surface area contributed by atoms with Gasteiger partial charge in [-0.05, 0) is 53.4 Å². The molecule has 1 heterocycles. The Morgan fingerprint density at radius 3 is 2.79 bits per heavy atom. The van der Waals surface area contributed by atoms with Gasteiger partial charge in [0.1, 0.15) is 0 Å². The van der Waals surface area contributed by atoms with Crippen molar-refractivity contribution in [2.24, 2.45) is 0 Å². The summed E-state index contributed by atoms with van der Waals surface area (Å²) in [6, 6.07) is 5.65. The summed E-state index contributed by atoms with van der Waals surface area (Å²) in [5.74, 6) is 0.200. The predicted octanol–water partition coefficient (Wildman–Crippen LogP) is 3.20. The van der Waals surface area contributed by atoms with E-state index in [2.05, 4.69) is 21.2 Å². The summed E-state index contributed by atoms with van der Waals surface area (Å²) in [4.78, 5) is 14.1. The van der Waals surface area contributed by atoms with Crippen molar-refractivity contribution in [2.45, 2.75) is 32.4 Å². The van der Waals surface area contributed by atoms with Crippen molar-refractivity contribution in [3.63, 3.8) is 0 Å². The number of likely N-dealkylation sites (tertiary alicyclic amines) is 1. The van der Waals surface area contributed by atoms with E-state index < -0.39 is 0 Å². The van der Waals surface area contributed by atoms with E-state index >= 15 is 0 Å². The quantitative estimate of drug-likeness (QED) is 0.909. The largest absolute Gasteiger partial charge is 0.341 e. The van der Waals surface area contributed by atoms with Gasteiger partial charge in [-0.25, -0.2) is 0 Å². The number of benzene rings is 1. The summed E-state index contributed by atoms with van der Waals surface area (Å²) >= 11 is 9.35. The third-order valence-electron chi connectivity index (χ3n) is 3.38. The van der Waals surface area contributed by atoms with Crippen molar-refractivity contribution in [3.05, 3.63) is 33.3 Å². The lowest BCUT2D eigenvalue weighted by Crippen LogP contribution is -2.43. The van der Waals surface area contributed by atoms with E-state index in [0.29, 0.717) is 11.6 Å². The molecule has 1 atom stereocenters. The molecule has 3 nitrogen and oxygen atoms in total. The molecular weight excluding hydrogens is 328 g/mol. The first-order chi connectivity index (χ1) is 9.08. The number of hydrogen-bond acceptors (Lipinski definition) is 2. The number of carbonyl (C=O) groups excluding carboxylic acids is 1. The van der Waals surface area contributed by atoms with Gasteiger partial charge < -0.3 is 10.2 Å². The lowest BCUT2D eigenvalue weighted by Gasteiger charge is -2.21. The van der Waals surface area contributed by atoms with Crippen LogP contribution >= 0.6 is 27.5 Å². The fourth-order valence-corrected chi connectivity index (χ4v) is 2.76. The number of carbonyl (C=O) groups is 1. The normalized spacial score (nSPS) is 16.7. The number of nitrogens with zero attached hydrogens (tertiary/aromatic N) is 1. The highest BCUT2D eigenvalue weighted by Crippen LogP contribution is 2.23. The van der Waals surface area contributed by atoms with Gasteiger partial charge in [0.2, 0.25) is 5.91 Å². The highest BCUT2D eigenvalue weighted by atomic mass is 79.9. The van der Waals surface area contributed by atoms with Crippen molar-refractivity contribution in [1.82, 2.24) is 10.2 Å². The molecule has 0 aliphatic carbocycles. The van der Waals surface area contributed by atoms with Crippen molar-refractivity contribution in [1.29, 1.82) is 0 Å². The molecule has 5 heteroatoms. The SMILES string of the molecule is CC(NCc1ccc(Cl)c(Br)c1)C(=O)N1CCCC1. The molecule has 19 heavy (non-hydrogen) atoms. The molecule has 1 N–H and O–H groups in total. The first kappa shape index (κ1) is 14.8. The smallest absolute Gasteiger partial charge is 0.239 e. The zero-order chi connectivity index (χ0) is 13.8. The highest BCUT2D eigenvalue weighted by molar-refractivity contribution is 9.10. The Balaban J connectivity index is 1.87. The number of nitrogens with one attached hydrogen (secondary N) is 1. The van der Waals surface area contributed by atoms with Crippen LogP contribution in [0.15, 0.2) is 22.7 Å². The van der Waals surface area contributed by atoms with Gasteiger partial charge >= 0.3 is 0 Å². The Hall–Kier alpha value is -0.580. The lowest BCUT2D eigenvalue weighted by atomic mass is 10.2. The molecule has 1 saturated heterocycles. The molecule has 104 valence electrons. The summed E-state index contributed by atoms with van der Waals surface area (Å²) in [6.45, 7) is 4.39. The van der Waals surface area contributed by atoms with Crippen LogP contribution < -0.4 is 5.32 Å². The highest BCUT2D eigenvalue weighted by Gasteiger charge is 2.22. The second-order valence-electron chi connectivity index (χ2n) is 4.88. The van der Waals surface area contributed by atoms with Crippen LogP contribution in [-0.4, -0.2) is 29.9 Å². The van der Waals surface area contributed by atoms with E-state index in [1.807, 2.05) is 30.0 Å². The fourth-order valence-electron chi connectivity index (χ4n) is 2.22. The lowest BCUT2D eigenvalue weighted by molar-refractivity contribution is -0.131. The summed E-state index contributed by atoms with van der Waals surface area (Å²) in [5.41, 5.74) is 1.11. The van der Waals surface area contributed by atoms with Gasteiger partial charge in [0.05, 0.1) is 11.1 Å². The Labute approximate surface area is 127 Å². The maximum absolute atomic E-state index is 12.1. The minimum atomic E-state index is -0.146. The van der Waals surface area contributed by atoms with Gasteiger partial charge in [0.25, 0.3) is 0 Å². The van der Waals surface area contributed by atoms with E-state index in [9.17, 15) is 4.79 Å². The molecule has 0 bridgehead atoms. The molecule has 0 radical (unpaired) electrons. The minimum absolute atomic E-state index is 0.146. The average Bonchev–Trinajstić information content (AvgIpc) is 2.93. The molecule has 2 rings (SSSR count). The monoisotopic (exact) mass is 344 g/mol. The maximum atomic E-state index is 12.1. The van der Waals surface area contributed by atoms with Gasteiger partial charge in [-0.15, -0.1) is 0 Å². The molecule has 1 aromatic carbocycles. The zero-order valence-electron chi connectivity index (χ0n) is 11.0. The molecule has 0 aromatic heterocycles. The van der Waals surface area contributed by atoms with Crippen LogP contribution in [0.3, 0.4) is 0 Å². The Morgan fingerprint density at radius 2 is 2.16 bits per heavy atom. The van der Waals surface area contributed by atoms with E-state index in [-0.39, 0.29) is 11.9 Å². The molecule has 1 aliphatic rings. The van der Waals surface area contributed by atoms with Crippen LogP contribution in [0.5, 0.6) is 0 Å². The summed E-state index contributed by atoms with van der Waals surface area (Å²) < 4.78 is 0.881. The number of amides is 1. The molecular formula is C14H18BrClN2O.